The molecule has 12 heavy (non-hydrogen) atoms. The molecule has 1 aromatic rings. The number of rotatable bonds is 1. The minimum absolute atomic E-state index is 0.825. The van der Waals surface area contributed by atoms with Crippen molar-refractivity contribution in [2.24, 2.45) is 0 Å². The highest BCUT2D eigenvalue weighted by atomic mass is 79.9. The lowest BCUT2D eigenvalue weighted by Crippen LogP contribution is -1.95. The van der Waals surface area contributed by atoms with Gasteiger partial charge >= 0.3 is 0 Å². The molecular formula is C10H12BrN. The topological polar surface area (TPSA) is 26.0 Å². The predicted molar refractivity (Wildman–Crippen MR) is 58.0 cm³/mol. The Balaban J connectivity index is 3.37. The zero-order valence-electron chi connectivity index (χ0n) is 7.32. The normalized spacial score (nSPS) is 9.92. The Morgan fingerprint density at radius 1 is 1.50 bits per heavy atom. The van der Waals surface area contributed by atoms with E-state index in [1.54, 1.807) is 0 Å². The van der Waals surface area contributed by atoms with Crippen LogP contribution in [0.3, 0.4) is 0 Å². The van der Waals surface area contributed by atoms with Crippen LogP contribution in [0.1, 0.15) is 18.1 Å². The van der Waals surface area contributed by atoms with Crippen molar-refractivity contribution >= 4 is 27.2 Å². The maximum absolute atomic E-state index is 5.87. The first kappa shape index (κ1) is 9.33. The quantitative estimate of drug-likeness (QED) is 0.730. The van der Waals surface area contributed by atoms with Crippen molar-refractivity contribution in [1.82, 2.24) is 0 Å². The fraction of sp³-hybridized carbons (Fsp3) is 0.200. The van der Waals surface area contributed by atoms with Gasteiger partial charge in [-0.25, -0.2) is 0 Å². The molecule has 1 aromatic carbocycles. The van der Waals surface area contributed by atoms with Crippen molar-refractivity contribution in [1.29, 1.82) is 0 Å². The van der Waals surface area contributed by atoms with Crippen LogP contribution in [0, 0.1) is 6.92 Å². The number of nitrogen functional groups attached to an aromatic ring is 1. The predicted octanol–water partition coefficient (Wildman–Crippen LogP) is 3.37. The summed E-state index contributed by atoms with van der Waals surface area (Å²) in [6, 6.07) is 3.99. The highest BCUT2D eigenvalue weighted by Crippen LogP contribution is 2.27. The highest BCUT2D eigenvalue weighted by Gasteiger charge is 2.03. The summed E-state index contributed by atoms with van der Waals surface area (Å²) in [5.74, 6) is 0. The van der Waals surface area contributed by atoms with Gasteiger partial charge in [0.25, 0.3) is 0 Å². The third-order valence-electron chi connectivity index (χ3n) is 1.81. The van der Waals surface area contributed by atoms with Crippen LogP contribution in [-0.4, -0.2) is 0 Å². The van der Waals surface area contributed by atoms with E-state index in [2.05, 4.69) is 22.5 Å². The molecule has 0 aliphatic carbocycles. The van der Waals surface area contributed by atoms with E-state index in [0.29, 0.717) is 0 Å². The largest absolute Gasteiger partial charge is 0.398 e. The first-order chi connectivity index (χ1) is 5.52. The summed E-state index contributed by atoms with van der Waals surface area (Å²) in [5, 5.41) is 0. The van der Waals surface area contributed by atoms with Gasteiger partial charge in [-0.3, -0.25) is 0 Å². The van der Waals surface area contributed by atoms with E-state index in [1.807, 2.05) is 26.0 Å². The standard InChI is InChI=1S/C10H12BrN/c1-6(2)9-5-8(11)4-7(3)10(9)12/h4-5H,1,12H2,2-3H3. The molecule has 0 fully saturated rings. The number of anilines is 1. The second kappa shape index (κ2) is 3.31. The maximum Gasteiger partial charge on any atom is 0.0420 e. The van der Waals surface area contributed by atoms with Crippen molar-refractivity contribution in [3.63, 3.8) is 0 Å². The molecule has 0 saturated carbocycles. The van der Waals surface area contributed by atoms with Crippen LogP contribution in [0.2, 0.25) is 0 Å². The van der Waals surface area contributed by atoms with E-state index < -0.39 is 0 Å². The van der Waals surface area contributed by atoms with E-state index in [-0.39, 0.29) is 0 Å². The Kier molecular flexibility index (Phi) is 2.58. The zero-order valence-corrected chi connectivity index (χ0v) is 8.90. The molecule has 0 heterocycles. The molecule has 0 aliphatic heterocycles. The van der Waals surface area contributed by atoms with Gasteiger partial charge in [-0.15, -0.1) is 0 Å². The summed E-state index contributed by atoms with van der Waals surface area (Å²) in [7, 11) is 0. The molecule has 0 saturated heterocycles. The van der Waals surface area contributed by atoms with E-state index in [1.165, 1.54) is 0 Å². The third-order valence-corrected chi connectivity index (χ3v) is 2.27. The lowest BCUT2D eigenvalue weighted by molar-refractivity contribution is 1.42. The van der Waals surface area contributed by atoms with Crippen LogP contribution in [0.25, 0.3) is 5.57 Å². The Morgan fingerprint density at radius 3 is 2.58 bits per heavy atom. The van der Waals surface area contributed by atoms with Crippen LogP contribution in [0.15, 0.2) is 23.2 Å². The lowest BCUT2D eigenvalue weighted by atomic mass is 10.0. The molecule has 0 aromatic heterocycles. The summed E-state index contributed by atoms with van der Waals surface area (Å²) in [6.45, 7) is 7.82. The fourth-order valence-corrected chi connectivity index (χ4v) is 1.68. The van der Waals surface area contributed by atoms with Gasteiger partial charge in [0, 0.05) is 15.7 Å². The molecule has 0 spiro atoms. The molecule has 0 unspecified atom stereocenters. The number of hydrogen-bond acceptors (Lipinski definition) is 1. The molecule has 64 valence electrons. The first-order valence-corrected chi connectivity index (χ1v) is 4.53. The van der Waals surface area contributed by atoms with Crippen LogP contribution >= 0.6 is 15.9 Å². The lowest BCUT2D eigenvalue weighted by Gasteiger charge is -2.08. The van der Waals surface area contributed by atoms with Crippen molar-refractivity contribution in [2.75, 3.05) is 5.73 Å². The molecule has 0 radical (unpaired) electrons. The third kappa shape index (κ3) is 1.69. The van der Waals surface area contributed by atoms with Gasteiger partial charge in [-0.2, -0.15) is 0 Å². The summed E-state index contributed by atoms with van der Waals surface area (Å²) in [5.41, 5.74) is 9.81. The summed E-state index contributed by atoms with van der Waals surface area (Å²) >= 11 is 3.42. The van der Waals surface area contributed by atoms with E-state index in [4.69, 9.17) is 5.73 Å². The van der Waals surface area contributed by atoms with Crippen molar-refractivity contribution in [2.45, 2.75) is 13.8 Å². The summed E-state index contributed by atoms with van der Waals surface area (Å²) < 4.78 is 1.05. The molecule has 0 atom stereocenters. The van der Waals surface area contributed by atoms with Gasteiger partial charge in [-0.05, 0) is 37.1 Å². The van der Waals surface area contributed by atoms with Crippen LogP contribution in [0.4, 0.5) is 5.69 Å². The van der Waals surface area contributed by atoms with Gasteiger partial charge in [-0.1, -0.05) is 22.5 Å². The van der Waals surface area contributed by atoms with E-state index in [9.17, 15) is 0 Å². The number of halogens is 1. The number of allylic oxidation sites excluding steroid dienone is 1. The molecule has 1 rings (SSSR count). The number of aryl methyl sites for hydroxylation is 1. The molecular weight excluding hydrogens is 214 g/mol. The molecule has 2 heteroatoms. The maximum atomic E-state index is 5.87. The zero-order chi connectivity index (χ0) is 9.30. The molecule has 2 N–H and O–H groups in total. The minimum Gasteiger partial charge on any atom is -0.398 e. The minimum atomic E-state index is 0.825. The van der Waals surface area contributed by atoms with Crippen molar-refractivity contribution < 1.29 is 0 Å². The SMILES string of the molecule is C=C(C)c1cc(Br)cc(C)c1N. The Hall–Kier alpha value is -0.760. The molecule has 0 amide bonds. The smallest absolute Gasteiger partial charge is 0.0420 e. The molecule has 0 aliphatic rings. The van der Waals surface area contributed by atoms with E-state index in [0.717, 1.165) is 26.9 Å². The second-order valence-corrected chi connectivity index (χ2v) is 3.88. The van der Waals surface area contributed by atoms with Gasteiger partial charge in [0.2, 0.25) is 0 Å². The van der Waals surface area contributed by atoms with Crippen molar-refractivity contribution in [3.8, 4) is 0 Å². The van der Waals surface area contributed by atoms with Gasteiger partial charge in [0.1, 0.15) is 0 Å². The van der Waals surface area contributed by atoms with Gasteiger partial charge in [0.15, 0.2) is 0 Å². The summed E-state index contributed by atoms with van der Waals surface area (Å²) in [4.78, 5) is 0. The Morgan fingerprint density at radius 2 is 2.08 bits per heavy atom. The van der Waals surface area contributed by atoms with Crippen LogP contribution in [0.5, 0.6) is 0 Å². The van der Waals surface area contributed by atoms with Gasteiger partial charge in [0.05, 0.1) is 0 Å². The average Bonchev–Trinajstić information content (AvgIpc) is 1.96. The number of nitrogens with two attached hydrogens (primary N) is 1. The summed E-state index contributed by atoms with van der Waals surface area (Å²) in [6.07, 6.45) is 0. The highest BCUT2D eigenvalue weighted by molar-refractivity contribution is 9.10. The second-order valence-electron chi connectivity index (χ2n) is 2.96. The number of hydrogen-bond donors (Lipinski definition) is 1. The van der Waals surface area contributed by atoms with Crippen LogP contribution in [-0.2, 0) is 0 Å². The number of benzene rings is 1. The van der Waals surface area contributed by atoms with E-state index >= 15 is 0 Å². The molecule has 0 bridgehead atoms. The Bertz CT molecular complexity index is 329. The fourth-order valence-electron chi connectivity index (χ4n) is 1.11. The Labute approximate surface area is 81.4 Å². The molecule has 1 nitrogen and oxygen atoms in total. The monoisotopic (exact) mass is 225 g/mol. The van der Waals surface area contributed by atoms with Crippen molar-refractivity contribution in [3.05, 3.63) is 34.3 Å². The average molecular weight is 226 g/mol. The van der Waals surface area contributed by atoms with Crippen LogP contribution < -0.4 is 5.73 Å². The van der Waals surface area contributed by atoms with Gasteiger partial charge < -0.3 is 5.73 Å². The first-order valence-electron chi connectivity index (χ1n) is 3.74.